The number of hydrogen-bond donors (Lipinski definition) is 1. The quantitative estimate of drug-likeness (QED) is 0.631. The Kier molecular flexibility index (Phi) is 1.74. The molecular formula is C12H14N4. The van der Waals surface area contributed by atoms with Gasteiger partial charge in [-0.15, -0.1) is 0 Å². The number of fused-ring (bicyclic) bond motifs is 3. The van der Waals surface area contributed by atoms with Crippen molar-refractivity contribution >= 4 is 22.4 Å². The predicted molar refractivity (Wildman–Crippen MR) is 65.5 cm³/mol. The summed E-state index contributed by atoms with van der Waals surface area (Å²) in [7, 11) is 0. The number of aryl methyl sites for hydroxylation is 2. The Morgan fingerprint density at radius 2 is 2.06 bits per heavy atom. The largest absolute Gasteiger partial charge is 0.399 e. The van der Waals surface area contributed by atoms with Gasteiger partial charge in [0.1, 0.15) is 5.65 Å². The van der Waals surface area contributed by atoms with Gasteiger partial charge in [-0.1, -0.05) is 0 Å². The Balaban J connectivity index is 2.55. The molecule has 3 aromatic rings. The molecule has 4 nitrogen and oxygen atoms in total. The summed E-state index contributed by atoms with van der Waals surface area (Å²) in [6, 6.07) is 8.04. The molecule has 0 aliphatic rings. The molecule has 0 aliphatic carbocycles. The molecule has 0 fully saturated rings. The van der Waals surface area contributed by atoms with Crippen molar-refractivity contribution in [2.45, 2.75) is 20.4 Å². The van der Waals surface area contributed by atoms with Crippen LogP contribution in [0, 0.1) is 6.92 Å². The molecule has 0 saturated carbocycles. The third kappa shape index (κ3) is 1.07. The van der Waals surface area contributed by atoms with Crippen LogP contribution in [0.1, 0.15) is 12.6 Å². The lowest BCUT2D eigenvalue weighted by atomic mass is 10.3. The van der Waals surface area contributed by atoms with Crippen molar-refractivity contribution in [2.24, 2.45) is 0 Å². The van der Waals surface area contributed by atoms with Gasteiger partial charge < -0.3 is 10.3 Å². The summed E-state index contributed by atoms with van der Waals surface area (Å²) < 4.78 is 4.21. The molecule has 1 aromatic carbocycles. The maximum Gasteiger partial charge on any atom is 0.137 e. The summed E-state index contributed by atoms with van der Waals surface area (Å²) >= 11 is 0. The molecule has 0 spiro atoms. The third-order valence-corrected chi connectivity index (χ3v) is 2.92. The van der Waals surface area contributed by atoms with Gasteiger partial charge in [0.05, 0.1) is 16.7 Å². The van der Waals surface area contributed by atoms with Crippen LogP contribution in [0.25, 0.3) is 16.7 Å². The van der Waals surface area contributed by atoms with Crippen LogP contribution in [-0.4, -0.2) is 14.2 Å². The highest BCUT2D eigenvalue weighted by molar-refractivity contribution is 5.84. The third-order valence-electron chi connectivity index (χ3n) is 2.92. The number of nitrogens with two attached hydrogens (primary N) is 1. The highest BCUT2D eigenvalue weighted by Gasteiger charge is 2.11. The SMILES string of the molecule is CCn1c2cc(N)ccc2n2nc(C)cc12. The average Bonchev–Trinajstić information content (AvgIpc) is 2.72. The summed E-state index contributed by atoms with van der Waals surface area (Å²) in [4.78, 5) is 0. The van der Waals surface area contributed by atoms with Crippen LogP contribution in [0.15, 0.2) is 24.3 Å². The maximum absolute atomic E-state index is 5.82. The molecule has 16 heavy (non-hydrogen) atoms. The Labute approximate surface area is 93.3 Å². The molecule has 2 N–H and O–H groups in total. The van der Waals surface area contributed by atoms with Crippen molar-refractivity contribution in [3.63, 3.8) is 0 Å². The van der Waals surface area contributed by atoms with Gasteiger partial charge in [-0.3, -0.25) is 0 Å². The number of hydrogen-bond acceptors (Lipinski definition) is 2. The van der Waals surface area contributed by atoms with Gasteiger partial charge >= 0.3 is 0 Å². The van der Waals surface area contributed by atoms with Crippen LogP contribution in [0.3, 0.4) is 0 Å². The van der Waals surface area contributed by atoms with Crippen molar-refractivity contribution in [2.75, 3.05) is 5.73 Å². The lowest BCUT2D eigenvalue weighted by Crippen LogP contribution is -1.93. The zero-order chi connectivity index (χ0) is 11.3. The smallest absolute Gasteiger partial charge is 0.137 e. The minimum atomic E-state index is 0.791. The van der Waals surface area contributed by atoms with Gasteiger partial charge in [0.2, 0.25) is 0 Å². The van der Waals surface area contributed by atoms with Crippen molar-refractivity contribution < 1.29 is 0 Å². The van der Waals surface area contributed by atoms with E-state index in [9.17, 15) is 0 Å². The van der Waals surface area contributed by atoms with Gasteiger partial charge in [-0.25, -0.2) is 4.52 Å². The minimum Gasteiger partial charge on any atom is -0.399 e. The normalized spacial score (nSPS) is 11.6. The fraction of sp³-hybridized carbons (Fsp3) is 0.250. The second kappa shape index (κ2) is 3.01. The van der Waals surface area contributed by atoms with Crippen molar-refractivity contribution in [1.82, 2.24) is 14.2 Å². The van der Waals surface area contributed by atoms with Gasteiger partial charge in [0.15, 0.2) is 0 Å². The fourth-order valence-electron chi connectivity index (χ4n) is 2.25. The second-order valence-electron chi connectivity index (χ2n) is 4.05. The van der Waals surface area contributed by atoms with Crippen LogP contribution in [0.5, 0.6) is 0 Å². The van der Waals surface area contributed by atoms with Crippen molar-refractivity contribution in [1.29, 1.82) is 0 Å². The van der Waals surface area contributed by atoms with E-state index in [1.165, 1.54) is 0 Å². The number of aromatic nitrogens is 3. The molecule has 2 aromatic heterocycles. The van der Waals surface area contributed by atoms with Crippen LogP contribution in [0.2, 0.25) is 0 Å². The molecule has 2 heterocycles. The standard InChI is InChI=1S/C12H14N4/c1-3-15-11-7-9(13)4-5-10(11)16-12(15)6-8(2)14-16/h4-7H,3,13H2,1-2H3. The van der Waals surface area contributed by atoms with Gasteiger partial charge in [0.25, 0.3) is 0 Å². The monoisotopic (exact) mass is 214 g/mol. The first-order valence-electron chi connectivity index (χ1n) is 5.45. The molecule has 0 saturated heterocycles. The van der Waals surface area contributed by atoms with E-state index in [1.807, 2.05) is 29.6 Å². The van der Waals surface area contributed by atoms with Crippen molar-refractivity contribution in [3.8, 4) is 0 Å². The Bertz CT molecular complexity index is 675. The lowest BCUT2D eigenvalue weighted by molar-refractivity contribution is 0.811. The van der Waals surface area contributed by atoms with E-state index in [1.54, 1.807) is 0 Å². The number of nitrogens with zero attached hydrogens (tertiary/aromatic N) is 3. The van der Waals surface area contributed by atoms with Crippen molar-refractivity contribution in [3.05, 3.63) is 30.0 Å². The van der Waals surface area contributed by atoms with Crippen LogP contribution >= 0.6 is 0 Å². The molecule has 0 unspecified atom stereocenters. The number of rotatable bonds is 1. The molecule has 0 amide bonds. The van der Waals surface area contributed by atoms with Gasteiger partial charge in [0, 0.05) is 18.3 Å². The summed E-state index contributed by atoms with van der Waals surface area (Å²) in [6.07, 6.45) is 0. The zero-order valence-electron chi connectivity index (χ0n) is 9.44. The number of nitrogen functional groups attached to an aromatic ring is 1. The second-order valence-corrected chi connectivity index (χ2v) is 4.05. The number of imidazole rings is 1. The van der Waals surface area contributed by atoms with Gasteiger partial charge in [-0.2, -0.15) is 5.10 Å². The summed E-state index contributed by atoms with van der Waals surface area (Å²) in [5, 5.41) is 4.49. The minimum absolute atomic E-state index is 0.791. The first-order chi connectivity index (χ1) is 7.70. The van der Waals surface area contributed by atoms with E-state index in [0.717, 1.165) is 34.6 Å². The van der Waals surface area contributed by atoms with E-state index in [4.69, 9.17) is 5.73 Å². The fourth-order valence-corrected chi connectivity index (χ4v) is 2.25. The highest BCUT2D eigenvalue weighted by atomic mass is 15.3. The van der Waals surface area contributed by atoms with E-state index >= 15 is 0 Å². The topological polar surface area (TPSA) is 48.2 Å². The van der Waals surface area contributed by atoms with Crippen LogP contribution in [0.4, 0.5) is 5.69 Å². The molecule has 0 aliphatic heterocycles. The first kappa shape index (κ1) is 9.27. The Morgan fingerprint density at radius 1 is 1.25 bits per heavy atom. The Morgan fingerprint density at radius 3 is 2.81 bits per heavy atom. The van der Waals surface area contributed by atoms with E-state index < -0.39 is 0 Å². The molecular weight excluding hydrogens is 200 g/mol. The van der Waals surface area contributed by atoms with Gasteiger partial charge in [-0.05, 0) is 32.0 Å². The Hall–Kier alpha value is -1.97. The summed E-state index contributed by atoms with van der Waals surface area (Å²) in [5.41, 5.74) is 11.0. The molecule has 0 atom stereocenters. The molecule has 0 radical (unpaired) electrons. The number of benzene rings is 1. The maximum atomic E-state index is 5.82. The van der Waals surface area contributed by atoms with E-state index in [0.29, 0.717) is 0 Å². The highest BCUT2D eigenvalue weighted by Crippen LogP contribution is 2.23. The molecule has 0 bridgehead atoms. The van der Waals surface area contributed by atoms with Crippen LogP contribution in [-0.2, 0) is 6.54 Å². The average molecular weight is 214 g/mol. The molecule has 82 valence electrons. The molecule has 4 heteroatoms. The lowest BCUT2D eigenvalue weighted by Gasteiger charge is -2.00. The predicted octanol–water partition coefficient (Wildman–Crippen LogP) is 2.20. The summed E-state index contributed by atoms with van der Waals surface area (Å²) in [5.74, 6) is 0. The van der Waals surface area contributed by atoms with E-state index in [2.05, 4.69) is 22.7 Å². The molecule has 3 rings (SSSR count). The summed E-state index contributed by atoms with van der Waals surface area (Å²) in [6.45, 7) is 5.06. The van der Waals surface area contributed by atoms with Crippen LogP contribution < -0.4 is 5.73 Å². The zero-order valence-corrected chi connectivity index (χ0v) is 9.44. The number of anilines is 1. The van der Waals surface area contributed by atoms with E-state index in [-0.39, 0.29) is 0 Å². The first-order valence-corrected chi connectivity index (χ1v) is 5.45.